The van der Waals surface area contributed by atoms with Crippen molar-refractivity contribution in [2.24, 2.45) is 0 Å². The van der Waals surface area contributed by atoms with Gasteiger partial charge >= 0.3 is 0 Å². The number of rotatable bonds is 2. The van der Waals surface area contributed by atoms with E-state index in [4.69, 9.17) is 4.74 Å². The fourth-order valence-electron chi connectivity index (χ4n) is 2.13. The molecule has 1 aromatic heterocycles. The summed E-state index contributed by atoms with van der Waals surface area (Å²) < 4.78 is 18.5. The molecule has 0 saturated carbocycles. The number of halogens is 1. The third-order valence-electron chi connectivity index (χ3n) is 2.92. The van der Waals surface area contributed by atoms with Crippen molar-refractivity contribution in [3.8, 4) is 17.0 Å². The molecular weight excluding hydrogens is 237 g/mol. The van der Waals surface area contributed by atoms with E-state index < -0.39 is 6.29 Å². The minimum Gasteiger partial charge on any atom is -0.460 e. The smallest absolute Gasteiger partial charge is 0.226 e. The number of H-pyrrole nitrogens is 1. The molecule has 2 heterocycles. The van der Waals surface area contributed by atoms with Crippen LogP contribution in [0.2, 0.25) is 0 Å². The summed E-state index contributed by atoms with van der Waals surface area (Å²) >= 11 is 0. The molecule has 92 valence electrons. The third-order valence-corrected chi connectivity index (χ3v) is 2.92. The SMILES string of the molecule is O=CCc1cc2c([nH]1)-c1cc(F)ccc1OC2O. The van der Waals surface area contributed by atoms with Gasteiger partial charge in [0.1, 0.15) is 17.9 Å². The van der Waals surface area contributed by atoms with Crippen molar-refractivity contribution in [1.82, 2.24) is 4.98 Å². The minimum atomic E-state index is -1.10. The fourth-order valence-corrected chi connectivity index (χ4v) is 2.13. The highest BCUT2D eigenvalue weighted by Gasteiger charge is 2.26. The average Bonchev–Trinajstić information content (AvgIpc) is 2.76. The highest BCUT2D eigenvalue weighted by Crippen LogP contribution is 2.41. The summed E-state index contributed by atoms with van der Waals surface area (Å²) in [7, 11) is 0. The van der Waals surface area contributed by atoms with E-state index in [1.807, 2.05) is 0 Å². The molecule has 0 bridgehead atoms. The van der Waals surface area contributed by atoms with Gasteiger partial charge in [0.15, 0.2) is 0 Å². The molecule has 3 rings (SSSR count). The van der Waals surface area contributed by atoms with Crippen LogP contribution in [0.25, 0.3) is 11.3 Å². The lowest BCUT2D eigenvalue weighted by Gasteiger charge is -2.22. The number of hydrogen-bond acceptors (Lipinski definition) is 3. The summed E-state index contributed by atoms with van der Waals surface area (Å²) in [6, 6.07) is 5.73. The largest absolute Gasteiger partial charge is 0.460 e. The molecule has 4 nitrogen and oxygen atoms in total. The lowest BCUT2D eigenvalue weighted by molar-refractivity contribution is -0.107. The molecule has 0 aliphatic carbocycles. The summed E-state index contributed by atoms with van der Waals surface area (Å²) in [4.78, 5) is 13.5. The van der Waals surface area contributed by atoms with Crippen LogP contribution >= 0.6 is 0 Å². The van der Waals surface area contributed by atoms with E-state index in [-0.39, 0.29) is 12.2 Å². The molecule has 0 radical (unpaired) electrons. The molecule has 0 fully saturated rings. The molecule has 1 unspecified atom stereocenters. The van der Waals surface area contributed by atoms with E-state index in [0.717, 1.165) is 6.29 Å². The summed E-state index contributed by atoms with van der Waals surface area (Å²) in [5.74, 6) is 0.0298. The second kappa shape index (κ2) is 3.96. The quantitative estimate of drug-likeness (QED) is 0.797. The third kappa shape index (κ3) is 1.60. The van der Waals surface area contributed by atoms with E-state index in [0.29, 0.717) is 28.3 Å². The number of aromatic amines is 1. The first-order chi connectivity index (χ1) is 8.69. The Kier molecular flexibility index (Phi) is 2.41. The summed E-state index contributed by atoms with van der Waals surface area (Å²) in [6.07, 6.45) is -0.129. The van der Waals surface area contributed by atoms with Gasteiger partial charge in [0.2, 0.25) is 6.29 Å². The first-order valence-electron chi connectivity index (χ1n) is 5.49. The average molecular weight is 247 g/mol. The molecule has 0 spiro atoms. The number of fused-ring (bicyclic) bond motifs is 3. The number of carbonyl (C=O) groups is 1. The Bertz CT molecular complexity index is 621. The maximum atomic E-state index is 13.3. The van der Waals surface area contributed by atoms with Gasteiger partial charge < -0.3 is 19.6 Å². The molecule has 18 heavy (non-hydrogen) atoms. The number of benzene rings is 1. The predicted molar refractivity (Wildman–Crippen MR) is 61.5 cm³/mol. The molecule has 0 amide bonds. The first kappa shape index (κ1) is 11.0. The molecule has 1 atom stereocenters. The van der Waals surface area contributed by atoms with Gasteiger partial charge in [-0.3, -0.25) is 0 Å². The number of ether oxygens (including phenoxy) is 1. The zero-order chi connectivity index (χ0) is 12.7. The summed E-state index contributed by atoms with van der Waals surface area (Å²) in [5.41, 5.74) is 2.33. The number of aldehydes is 1. The summed E-state index contributed by atoms with van der Waals surface area (Å²) in [5, 5.41) is 9.83. The Balaban J connectivity index is 2.18. The monoisotopic (exact) mass is 247 g/mol. The number of carbonyl (C=O) groups excluding carboxylic acids is 1. The molecule has 0 saturated heterocycles. The van der Waals surface area contributed by atoms with Gasteiger partial charge in [0, 0.05) is 23.2 Å². The van der Waals surface area contributed by atoms with Gasteiger partial charge in [-0.05, 0) is 24.3 Å². The van der Waals surface area contributed by atoms with Gasteiger partial charge in [-0.1, -0.05) is 0 Å². The van der Waals surface area contributed by atoms with Crippen LogP contribution in [0, 0.1) is 5.82 Å². The normalized spacial score (nSPS) is 16.7. The van der Waals surface area contributed by atoms with Gasteiger partial charge in [0.25, 0.3) is 0 Å². The highest BCUT2D eigenvalue weighted by atomic mass is 19.1. The molecule has 1 aromatic carbocycles. The number of aliphatic hydroxyl groups is 1. The van der Waals surface area contributed by atoms with Crippen LogP contribution in [0.3, 0.4) is 0 Å². The van der Waals surface area contributed by atoms with Crippen LogP contribution < -0.4 is 4.74 Å². The fraction of sp³-hybridized carbons (Fsp3) is 0.154. The highest BCUT2D eigenvalue weighted by molar-refractivity contribution is 5.73. The lowest BCUT2D eigenvalue weighted by atomic mass is 10.0. The number of nitrogens with one attached hydrogen (secondary N) is 1. The predicted octanol–water partition coefficient (Wildman–Crippen LogP) is 1.95. The van der Waals surface area contributed by atoms with E-state index in [1.165, 1.54) is 18.2 Å². The zero-order valence-corrected chi connectivity index (χ0v) is 9.31. The van der Waals surface area contributed by atoms with Crippen molar-refractivity contribution >= 4 is 6.29 Å². The second-order valence-electron chi connectivity index (χ2n) is 4.11. The topological polar surface area (TPSA) is 62.3 Å². The Morgan fingerprint density at radius 1 is 1.44 bits per heavy atom. The van der Waals surface area contributed by atoms with E-state index >= 15 is 0 Å². The van der Waals surface area contributed by atoms with E-state index in [1.54, 1.807) is 6.07 Å². The summed E-state index contributed by atoms with van der Waals surface area (Å²) in [6.45, 7) is 0. The van der Waals surface area contributed by atoms with Crippen LogP contribution in [0.4, 0.5) is 4.39 Å². The van der Waals surface area contributed by atoms with Gasteiger partial charge in [0.05, 0.1) is 5.69 Å². The van der Waals surface area contributed by atoms with Crippen molar-refractivity contribution in [3.63, 3.8) is 0 Å². The molecular formula is C13H10FNO3. The van der Waals surface area contributed by atoms with Crippen molar-refractivity contribution in [1.29, 1.82) is 0 Å². The van der Waals surface area contributed by atoms with Gasteiger partial charge in [-0.25, -0.2) is 4.39 Å². The van der Waals surface area contributed by atoms with Crippen LogP contribution in [-0.4, -0.2) is 16.4 Å². The number of aromatic nitrogens is 1. The number of hydrogen-bond donors (Lipinski definition) is 2. The van der Waals surface area contributed by atoms with Crippen molar-refractivity contribution < 1.29 is 19.0 Å². The second-order valence-corrected chi connectivity index (χ2v) is 4.11. The lowest BCUT2D eigenvalue weighted by Crippen LogP contribution is -2.12. The molecule has 2 N–H and O–H groups in total. The molecule has 2 aromatic rings. The first-order valence-corrected chi connectivity index (χ1v) is 5.49. The van der Waals surface area contributed by atoms with Crippen LogP contribution in [0.5, 0.6) is 5.75 Å². The maximum absolute atomic E-state index is 13.3. The van der Waals surface area contributed by atoms with Crippen molar-refractivity contribution in [2.75, 3.05) is 0 Å². The standard InChI is InChI=1S/C13H10FNO3/c14-7-1-2-11-9(5-7)12-10(13(17)18-11)6-8(15-12)3-4-16/h1-2,4-6,13,15,17H,3H2. The van der Waals surface area contributed by atoms with Gasteiger partial charge in [-0.2, -0.15) is 0 Å². The molecule has 5 heteroatoms. The van der Waals surface area contributed by atoms with E-state index in [9.17, 15) is 14.3 Å². The van der Waals surface area contributed by atoms with Crippen LogP contribution in [-0.2, 0) is 11.2 Å². The Hall–Kier alpha value is -2.14. The van der Waals surface area contributed by atoms with Crippen LogP contribution in [0.1, 0.15) is 17.5 Å². The van der Waals surface area contributed by atoms with Crippen molar-refractivity contribution in [3.05, 3.63) is 41.3 Å². The Morgan fingerprint density at radius 2 is 2.28 bits per heavy atom. The maximum Gasteiger partial charge on any atom is 0.226 e. The molecule has 1 aliphatic heterocycles. The Labute approximate surface area is 102 Å². The molecule has 1 aliphatic rings. The zero-order valence-electron chi connectivity index (χ0n) is 9.31. The van der Waals surface area contributed by atoms with Crippen molar-refractivity contribution in [2.45, 2.75) is 12.7 Å². The Morgan fingerprint density at radius 3 is 3.06 bits per heavy atom. The number of aliphatic hydroxyl groups excluding tert-OH is 1. The van der Waals surface area contributed by atoms with Gasteiger partial charge in [-0.15, -0.1) is 0 Å². The minimum absolute atomic E-state index is 0.213. The van der Waals surface area contributed by atoms with Crippen LogP contribution in [0.15, 0.2) is 24.3 Å². The van der Waals surface area contributed by atoms with E-state index in [2.05, 4.69) is 4.98 Å².